The van der Waals surface area contributed by atoms with E-state index in [9.17, 15) is 9.59 Å². The Labute approximate surface area is 153 Å². The van der Waals surface area contributed by atoms with Gasteiger partial charge in [0, 0.05) is 30.7 Å². The van der Waals surface area contributed by atoms with Crippen molar-refractivity contribution in [1.29, 1.82) is 0 Å². The number of pyridine rings is 1. The Morgan fingerprint density at radius 2 is 1.81 bits per heavy atom. The van der Waals surface area contributed by atoms with E-state index < -0.39 is 0 Å². The third-order valence-corrected chi connectivity index (χ3v) is 4.43. The first-order valence-corrected chi connectivity index (χ1v) is 8.98. The van der Waals surface area contributed by atoms with Gasteiger partial charge in [0.05, 0.1) is 5.56 Å². The zero-order valence-corrected chi connectivity index (χ0v) is 14.7. The second kappa shape index (κ2) is 8.94. The van der Waals surface area contributed by atoms with Crippen molar-refractivity contribution < 1.29 is 9.59 Å². The van der Waals surface area contributed by atoms with Gasteiger partial charge in [-0.05, 0) is 55.5 Å². The summed E-state index contributed by atoms with van der Waals surface area (Å²) in [4.78, 5) is 28.0. The van der Waals surface area contributed by atoms with Crippen molar-refractivity contribution in [2.45, 2.75) is 38.6 Å². The molecule has 1 aliphatic rings. The van der Waals surface area contributed by atoms with Gasteiger partial charge in [0.25, 0.3) is 5.91 Å². The van der Waals surface area contributed by atoms with Crippen molar-refractivity contribution in [1.82, 2.24) is 10.3 Å². The maximum Gasteiger partial charge on any atom is 0.257 e. The molecule has 1 aliphatic carbocycles. The number of benzene rings is 1. The second-order valence-corrected chi connectivity index (χ2v) is 6.47. The van der Waals surface area contributed by atoms with Crippen molar-refractivity contribution in [3.05, 3.63) is 71.6 Å². The lowest BCUT2D eigenvalue weighted by Crippen LogP contribution is -2.21. The van der Waals surface area contributed by atoms with Crippen molar-refractivity contribution in [3.8, 4) is 0 Å². The summed E-state index contributed by atoms with van der Waals surface area (Å²) >= 11 is 0. The molecule has 1 heterocycles. The van der Waals surface area contributed by atoms with Crippen LogP contribution in [0.25, 0.3) is 0 Å². The summed E-state index contributed by atoms with van der Waals surface area (Å²) in [6.45, 7) is 0.472. The highest BCUT2D eigenvalue weighted by Crippen LogP contribution is 2.22. The minimum Gasteiger partial charge on any atom is -0.348 e. The lowest BCUT2D eigenvalue weighted by molar-refractivity contribution is -0.116. The van der Waals surface area contributed by atoms with Crippen molar-refractivity contribution in [2.24, 2.45) is 0 Å². The van der Waals surface area contributed by atoms with E-state index in [2.05, 4.69) is 15.6 Å². The molecule has 0 radical (unpaired) electrons. The van der Waals surface area contributed by atoms with Crippen LogP contribution in [0.5, 0.6) is 0 Å². The molecule has 0 atom stereocenters. The first kappa shape index (κ1) is 17.9. The molecule has 1 fully saturated rings. The molecule has 3 rings (SSSR count). The van der Waals surface area contributed by atoms with E-state index in [4.69, 9.17) is 0 Å². The van der Waals surface area contributed by atoms with Crippen molar-refractivity contribution in [2.75, 3.05) is 5.32 Å². The molecule has 1 aromatic heterocycles. The quantitative estimate of drug-likeness (QED) is 0.806. The van der Waals surface area contributed by atoms with Crippen molar-refractivity contribution >= 4 is 17.5 Å². The highest BCUT2D eigenvalue weighted by Gasteiger charge is 2.08. The van der Waals surface area contributed by atoms with Gasteiger partial charge in [0.15, 0.2) is 0 Å². The van der Waals surface area contributed by atoms with Crippen molar-refractivity contribution in [3.63, 3.8) is 0 Å². The Morgan fingerprint density at radius 1 is 1.04 bits per heavy atom. The van der Waals surface area contributed by atoms with E-state index in [1.54, 1.807) is 24.4 Å². The maximum absolute atomic E-state index is 12.1. The zero-order valence-electron chi connectivity index (χ0n) is 14.7. The molecule has 0 unspecified atom stereocenters. The lowest BCUT2D eigenvalue weighted by Gasteiger charge is -2.13. The largest absolute Gasteiger partial charge is 0.348 e. The van der Waals surface area contributed by atoms with Gasteiger partial charge in [0.1, 0.15) is 0 Å². The number of rotatable bonds is 5. The number of nitrogens with one attached hydrogen (secondary N) is 2. The van der Waals surface area contributed by atoms with Crippen LogP contribution in [-0.4, -0.2) is 16.8 Å². The summed E-state index contributed by atoms with van der Waals surface area (Å²) in [5, 5.41) is 5.75. The minimum atomic E-state index is -0.196. The fourth-order valence-electron chi connectivity index (χ4n) is 2.98. The Hall–Kier alpha value is -2.95. The number of aromatic nitrogens is 1. The fraction of sp³-hybridized carbons (Fsp3) is 0.286. The SMILES string of the molecule is O=C(C=C1CCCCC1)NCc1ccc(NC(=O)c2cccnc2)cc1. The Bertz CT molecular complexity index is 775. The molecule has 2 amide bonds. The number of carbonyl (C=O) groups is 2. The van der Waals surface area contributed by atoms with E-state index in [0.717, 1.165) is 18.4 Å². The first-order chi connectivity index (χ1) is 12.7. The van der Waals surface area contributed by atoms with Gasteiger partial charge >= 0.3 is 0 Å². The monoisotopic (exact) mass is 349 g/mol. The summed E-state index contributed by atoms with van der Waals surface area (Å²) in [5.74, 6) is -0.228. The molecule has 0 saturated heterocycles. The number of carbonyl (C=O) groups excluding carboxylic acids is 2. The van der Waals surface area contributed by atoms with Crippen LogP contribution in [0.4, 0.5) is 5.69 Å². The van der Waals surface area contributed by atoms with Gasteiger partial charge < -0.3 is 10.6 Å². The molecule has 5 heteroatoms. The van der Waals surface area contributed by atoms with Crippen LogP contribution in [0.15, 0.2) is 60.4 Å². The first-order valence-electron chi connectivity index (χ1n) is 8.98. The summed E-state index contributed by atoms with van der Waals surface area (Å²) in [6.07, 6.45) is 10.6. The molecule has 1 saturated carbocycles. The number of nitrogens with zero attached hydrogens (tertiary/aromatic N) is 1. The number of anilines is 1. The highest BCUT2D eigenvalue weighted by atomic mass is 16.2. The summed E-state index contributed by atoms with van der Waals surface area (Å²) in [7, 11) is 0. The molecule has 5 nitrogen and oxygen atoms in total. The average Bonchev–Trinajstić information content (AvgIpc) is 2.69. The molecule has 0 spiro atoms. The van der Waals surface area contributed by atoms with Gasteiger partial charge in [-0.2, -0.15) is 0 Å². The fourth-order valence-corrected chi connectivity index (χ4v) is 2.98. The standard InChI is InChI=1S/C21H23N3O2/c25-20(13-16-5-2-1-3-6-16)23-14-17-8-10-19(11-9-17)24-21(26)18-7-4-12-22-15-18/h4,7-13,15H,1-3,5-6,14H2,(H,23,25)(H,24,26). The molecule has 2 aromatic rings. The van der Waals surface area contributed by atoms with E-state index >= 15 is 0 Å². The molecular weight excluding hydrogens is 326 g/mol. The van der Waals surface area contributed by atoms with Crippen LogP contribution >= 0.6 is 0 Å². The van der Waals surface area contributed by atoms with Crippen LogP contribution < -0.4 is 10.6 Å². The predicted octanol–water partition coefficient (Wildman–Crippen LogP) is 3.84. The third kappa shape index (κ3) is 5.28. The summed E-state index contributed by atoms with van der Waals surface area (Å²) in [6, 6.07) is 10.9. The van der Waals surface area contributed by atoms with E-state index in [1.165, 1.54) is 31.0 Å². The maximum atomic E-state index is 12.1. The topological polar surface area (TPSA) is 71.1 Å². The molecule has 0 bridgehead atoms. The van der Waals surface area contributed by atoms with Crippen LogP contribution in [-0.2, 0) is 11.3 Å². The normalized spacial score (nSPS) is 13.8. The number of allylic oxidation sites excluding steroid dienone is 1. The lowest BCUT2D eigenvalue weighted by atomic mass is 9.94. The molecular formula is C21H23N3O2. The highest BCUT2D eigenvalue weighted by molar-refractivity contribution is 6.04. The van der Waals surface area contributed by atoms with Crippen LogP contribution in [0, 0.1) is 0 Å². The molecule has 2 N–H and O–H groups in total. The molecule has 134 valence electrons. The zero-order chi connectivity index (χ0) is 18.2. The number of hydrogen-bond acceptors (Lipinski definition) is 3. The Kier molecular flexibility index (Phi) is 6.14. The van der Waals surface area contributed by atoms with E-state index in [-0.39, 0.29) is 11.8 Å². The number of hydrogen-bond donors (Lipinski definition) is 2. The van der Waals surface area contributed by atoms with Gasteiger partial charge in [-0.15, -0.1) is 0 Å². The minimum absolute atomic E-state index is 0.0316. The number of amides is 2. The van der Waals surface area contributed by atoms with Crippen LogP contribution in [0.3, 0.4) is 0 Å². The van der Waals surface area contributed by atoms with Gasteiger partial charge in [-0.25, -0.2) is 0 Å². The Morgan fingerprint density at radius 3 is 2.50 bits per heavy atom. The average molecular weight is 349 g/mol. The van der Waals surface area contributed by atoms with Crippen LogP contribution in [0.2, 0.25) is 0 Å². The molecule has 26 heavy (non-hydrogen) atoms. The Balaban J connectivity index is 1.50. The second-order valence-electron chi connectivity index (χ2n) is 6.47. The third-order valence-electron chi connectivity index (χ3n) is 4.43. The van der Waals surface area contributed by atoms with E-state index in [1.807, 2.05) is 24.3 Å². The van der Waals surface area contributed by atoms with Gasteiger partial charge in [-0.1, -0.05) is 24.1 Å². The van der Waals surface area contributed by atoms with Gasteiger partial charge in [0.2, 0.25) is 5.91 Å². The smallest absolute Gasteiger partial charge is 0.257 e. The van der Waals surface area contributed by atoms with Crippen LogP contribution in [0.1, 0.15) is 48.0 Å². The predicted molar refractivity (Wildman–Crippen MR) is 102 cm³/mol. The summed E-state index contributed by atoms with van der Waals surface area (Å²) < 4.78 is 0. The molecule has 1 aromatic carbocycles. The summed E-state index contributed by atoms with van der Waals surface area (Å²) in [5.41, 5.74) is 3.46. The van der Waals surface area contributed by atoms with E-state index in [0.29, 0.717) is 17.8 Å². The van der Waals surface area contributed by atoms with Gasteiger partial charge in [-0.3, -0.25) is 14.6 Å². The molecule has 0 aliphatic heterocycles.